The van der Waals surface area contributed by atoms with E-state index in [2.05, 4.69) is 10.3 Å². The van der Waals surface area contributed by atoms with Crippen LogP contribution in [0.3, 0.4) is 0 Å². The minimum Gasteiger partial charge on any atom is -0.465 e. The summed E-state index contributed by atoms with van der Waals surface area (Å²) in [4.78, 5) is 29.8. The van der Waals surface area contributed by atoms with Crippen LogP contribution in [0.4, 0.5) is 23.7 Å². The van der Waals surface area contributed by atoms with Gasteiger partial charge in [-0.3, -0.25) is 14.7 Å². The molecule has 0 aliphatic carbocycles. The van der Waals surface area contributed by atoms with Crippen LogP contribution >= 0.6 is 0 Å². The third-order valence-corrected chi connectivity index (χ3v) is 4.83. The molecule has 1 heterocycles. The minimum atomic E-state index is -4.73. The quantitative estimate of drug-likeness (QED) is 0.573. The van der Waals surface area contributed by atoms with Crippen molar-refractivity contribution in [2.24, 2.45) is 5.92 Å². The molecule has 32 heavy (non-hydrogen) atoms. The molecule has 0 saturated heterocycles. The van der Waals surface area contributed by atoms with Crippen LogP contribution < -0.4 is 5.32 Å². The summed E-state index contributed by atoms with van der Waals surface area (Å²) in [6, 6.07) is 5.62. The Morgan fingerprint density at radius 3 is 2.12 bits per heavy atom. The van der Waals surface area contributed by atoms with Crippen LogP contribution in [0.2, 0.25) is 0 Å². The predicted molar refractivity (Wildman–Crippen MR) is 116 cm³/mol. The van der Waals surface area contributed by atoms with E-state index in [1.165, 1.54) is 24.5 Å². The number of alkyl halides is 3. The average Bonchev–Trinajstić information content (AvgIpc) is 2.66. The Bertz CT molecular complexity index is 954. The zero-order valence-corrected chi connectivity index (χ0v) is 18.7. The standard InChI is InChI=1S/C23H28F3N3O3/c1-14(2)12-19(29(21(31)32)22(3,4)5)20(30)28-18-7-6-16(13-17(18)23(24,25)26)15-8-10-27-11-9-15/h6-11,13-14,19H,12H2,1-5H3,(H,28,30)(H,31,32)/t19-/m1/s1. The Balaban J connectivity index is 2.47. The number of anilines is 1. The minimum absolute atomic E-state index is 0.0638. The molecule has 0 aliphatic heterocycles. The van der Waals surface area contributed by atoms with E-state index in [1.807, 2.05) is 13.8 Å². The summed E-state index contributed by atoms with van der Waals surface area (Å²) in [5.74, 6) is -0.871. The van der Waals surface area contributed by atoms with Crippen molar-refractivity contribution in [1.82, 2.24) is 9.88 Å². The van der Waals surface area contributed by atoms with E-state index < -0.39 is 41.0 Å². The van der Waals surface area contributed by atoms with Crippen molar-refractivity contribution in [3.63, 3.8) is 0 Å². The molecular weight excluding hydrogens is 423 g/mol. The molecule has 9 heteroatoms. The number of amides is 2. The van der Waals surface area contributed by atoms with Crippen molar-refractivity contribution < 1.29 is 27.9 Å². The first-order valence-electron chi connectivity index (χ1n) is 10.2. The number of carbonyl (C=O) groups is 2. The topological polar surface area (TPSA) is 82.5 Å². The summed E-state index contributed by atoms with van der Waals surface area (Å²) >= 11 is 0. The van der Waals surface area contributed by atoms with Gasteiger partial charge < -0.3 is 10.4 Å². The van der Waals surface area contributed by atoms with Gasteiger partial charge in [-0.15, -0.1) is 0 Å². The fraction of sp³-hybridized carbons (Fsp3) is 0.435. The average molecular weight is 451 g/mol. The number of nitrogens with one attached hydrogen (secondary N) is 1. The monoisotopic (exact) mass is 451 g/mol. The summed E-state index contributed by atoms with van der Waals surface area (Å²) in [6.45, 7) is 8.52. The second-order valence-corrected chi connectivity index (χ2v) is 8.95. The van der Waals surface area contributed by atoms with Crippen LogP contribution in [0.25, 0.3) is 11.1 Å². The molecule has 174 valence electrons. The number of hydrogen-bond acceptors (Lipinski definition) is 3. The van der Waals surface area contributed by atoms with Gasteiger partial charge in [0.1, 0.15) is 6.04 Å². The van der Waals surface area contributed by atoms with Crippen molar-refractivity contribution in [3.8, 4) is 11.1 Å². The molecule has 2 aromatic rings. The summed E-state index contributed by atoms with van der Waals surface area (Å²) in [5.41, 5.74) is -1.50. The molecule has 0 aliphatic rings. The zero-order valence-electron chi connectivity index (χ0n) is 18.7. The Hall–Kier alpha value is -3.10. The Morgan fingerprint density at radius 2 is 1.66 bits per heavy atom. The Kier molecular flexibility index (Phi) is 7.54. The van der Waals surface area contributed by atoms with E-state index >= 15 is 0 Å². The van der Waals surface area contributed by atoms with Gasteiger partial charge in [-0.25, -0.2) is 4.79 Å². The van der Waals surface area contributed by atoms with E-state index in [4.69, 9.17) is 0 Å². The smallest absolute Gasteiger partial charge is 0.418 e. The number of carboxylic acid groups (broad SMARTS) is 1. The molecule has 1 aromatic heterocycles. The summed E-state index contributed by atoms with van der Waals surface area (Å²) in [7, 11) is 0. The van der Waals surface area contributed by atoms with Crippen LogP contribution in [0.1, 0.15) is 46.6 Å². The highest BCUT2D eigenvalue weighted by Gasteiger charge is 2.39. The highest BCUT2D eigenvalue weighted by Crippen LogP contribution is 2.38. The summed E-state index contributed by atoms with van der Waals surface area (Å²) < 4.78 is 41.4. The first-order valence-corrected chi connectivity index (χ1v) is 10.2. The van der Waals surface area contributed by atoms with Crippen LogP contribution in [0.5, 0.6) is 0 Å². The normalized spacial score (nSPS) is 13.0. The van der Waals surface area contributed by atoms with Crippen molar-refractivity contribution in [2.75, 3.05) is 5.32 Å². The number of rotatable bonds is 6. The number of halogens is 3. The Morgan fingerprint density at radius 1 is 1.06 bits per heavy atom. The van der Waals surface area contributed by atoms with Crippen molar-refractivity contribution in [3.05, 3.63) is 48.3 Å². The van der Waals surface area contributed by atoms with E-state index in [0.29, 0.717) is 11.1 Å². The van der Waals surface area contributed by atoms with Gasteiger partial charge in [-0.1, -0.05) is 19.9 Å². The van der Waals surface area contributed by atoms with E-state index in [1.54, 1.807) is 32.9 Å². The maximum atomic E-state index is 13.8. The zero-order chi connectivity index (χ0) is 24.3. The number of pyridine rings is 1. The molecule has 2 rings (SSSR count). The predicted octanol–water partition coefficient (Wildman–Crippen LogP) is 5.90. The number of nitrogens with zero attached hydrogens (tertiary/aromatic N) is 2. The first-order chi connectivity index (χ1) is 14.7. The molecule has 0 radical (unpaired) electrons. The van der Waals surface area contributed by atoms with Crippen LogP contribution in [-0.2, 0) is 11.0 Å². The van der Waals surface area contributed by atoms with Crippen molar-refractivity contribution in [2.45, 2.75) is 58.8 Å². The van der Waals surface area contributed by atoms with Gasteiger partial charge in [-0.05, 0) is 68.5 Å². The van der Waals surface area contributed by atoms with Gasteiger partial charge in [0.05, 0.1) is 11.3 Å². The van der Waals surface area contributed by atoms with Crippen LogP contribution in [0, 0.1) is 5.92 Å². The lowest BCUT2D eigenvalue weighted by Crippen LogP contribution is -2.56. The molecule has 0 unspecified atom stereocenters. The van der Waals surface area contributed by atoms with Gasteiger partial charge in [0.15, 0.2) is 0 Å². The molecule has 0 spiro atoms. The van der Waals surface area contributed by atoms with E-state index in [9.17, 15) is 27.9 Å². The van der Waals surface area contributed by atoms with Gasteiger partial charge in [0.25, 0.3) is 0 Å². The molecule has 2 N–H and O–H groups in total. The van der Waals surface area contributed by atoms with E-state index in [0.717, 1.165) is 11.0 Å². The molecule has 0 fully saturated rings. The van der Waals surface area contributed by atoms with E-state index in [-0.39, 0.29) is 12.3 Å². The van der Waals surface area contributed by atoms with Gasteiger partial charge >= 0.3 is 12.3 Å². The summed E-state index contributed by atoms with van der Waals surface area (Å²) in [6.07, 6.45) is -2.94. The van der Waals surface area contributed by atoms with Crippen molar-refractivity contribution >= 4 is 17.7 Å². The largest absolute Gasteiger partial charge is 0.465 e. The number of aromatic nitrogens is 1. The fourth-order valence-corrected chi connectivity index (χ4v) is 3.49. The Labute approximate surface area is 185 Å². The molecule has 1 aromatic carbocycles. The second-order valence-electron chi connectivity index (χ2n) is 8.95. The molecule has 0 bridgehead atoms. The second kappa shape index (κ2) is 9.58. The van der Waals surface area contributed by atoms with Crippen LogP contribution in [-0.4, -0.2) is 38.6 Å². The highest BCUT2D eigenvalue weighted by atomic mass is 19.4. The van der Waals surface area contributed by atoms with Crippen molar-refractivity contribution in [1.29, 1.82) is 0 Å². The third-order valence-electron chi connectivity index (χ3n) is 4.83. The number of hydrogen-bond donors (Lipinski definition) is 2. The van der Waals surface area contributed by atoms with Gasteiger partial charge in [-0.2, -0.15) is 13.2 Å². The lowest BCUT2D eigenvalue weighted by molar-refractivity contribution is -0.137. The third kappa shape index (κ3) is 6.21. The molecule has 6 nitrogen and oxygen atoms in total. The number of carbonyl (C=O) groups excluding carboxylic acids is 1. The SMILES string of the molecule is CC(C)C[C@H](C(=O)Nc1ccc(-c2ccncc2)cc1C(F)(F)F)N(C(=O)O)C(C)(C)C. The maximum absolute atomic E-state index is 13.8. The molecule has 0 saturated carbocycles. The van der Waals surface area contributed by atoms with Gasteiger partial charge in [0.2, 0.25) is 5.91 Å². The summed E-state index contributed by atoms with van der Waals surface area (Å²) in [5, 5.41) is 12.0. The number of benzene rings is 1. The maximum Gasteiger partial charge on any atom is 0.418 e. The lowest BCUT2D eigenvalue weighted by atomic mass is 9.96. The van der Waals surface area contributed by atoms with Gasteiger partial charge in [0, 0.05) is 17.9 Å². The molecule has 2 amide bonds. The fourth-order valence-electron chi connectivity index (χ4n) is 3.49. The molecule has 1 atom stereocenters. The van der Waals surface area contributed by atoms with Crippen LogP contribution in [0.15, 0.2) is 42.7 Å². The first kappa shape index (κ1) is 25.2. The molecular formula is C23H28F3N3O3. The highest BCUT2D eigenvalue weighted by molar-refractivity contribution is 5.97. The lowest BCUT2D eigenvalue weighted by Gasteiger charge is -2.39.